The van der Waals surface area contributed by atoms with Crippen LogP contribution in [0, 0.1) is 0 Å². The summed E-state index contributed by atoms with van der Waals surface area (Å²) in [6, 6.07) is 0. The quantitative estimate of drug-likeness (QED) is 0.550. The lowest BCUT2D eigenvalue weighted by atomic mass is 10.1. The van der Waals surface area contributed by atoms with E-state index in [-0.39, 0.29) is 0 Å². The van der Waals surface area contributed by atoms with Crippen molar-refractivity contribution in [1.82, 2.24) is 9.80 Å². The first-order chi connectivity index (χ1) is 5.91. The predicted octanol–water partition coefficient (Wildman–Crippen LogP) is 1.75. The summed E-state index contributed by atoms with van der Waals surface area (Å²) < 4.78 is 0. The van der Waals surface area contributed by atoms with Crippen molar-refractivity contribution in [2.75, 3.05) is 26.2 Å². The highest BCUT2D eigenvalue weighted by Crippen LogP contribution is 2.15. The summed E-state index contributed by atoms with van der Waals surface area (Å²) in [6.45, 7) is 13.3. The van der Waals surface area contributed by atoms with Gasteiger partial charge < -0.3 is 4.90 Å². The van der Waals surface area contributed by atoms with Gasteiger partial charge >= 0.3 is 0 Å². The molecule has 0 aliphatic carbocycles. The van der Waals surface area contributed by atoms with E-state index in [2.05, 4.69) is 30.6 Å². The second-order valence-electron chi connectivity index (χ2n) is 4.66. The van der Waals surface area contributed by atoms with Crippen molar-refractivity contribution >= 4 is 17.2 Å². The molecule has 0 saturated carbocycles. The standard InChI is InChI=1S/C10H20N2S/c1-9(13)11-5-7-12(8-6-11)10(2,3)4/h5-8H2,1-4H3. The van der Waals surface area contributed by atoms with Crippen LogP contribution in [0.5, 0.6) is 0 Å². The highest BCUT2D eigenvalue weighted by molar-refractivity contribution is 7.80. The van der Waals surface area contributed by atoms with Crippen molar-refractivity contribution < 1.29 is 0 Å². The summed E-state index contributed by atoms with van der Waals surface area (Å²) in [6.07, 6.45) is 0. The van der Waals surface area contributed by atoms with Crippen LogP contribution in [-0.4, -0.2) is 46.5 Å². The zero-order chi connectivity index (χ0) is 10.1. The maximum Gasteiger partial charge on any atom is 0.0748 e. The van der Waals surface area contributed by atoms with Gasteiger partial charge in [0.05, 0.1) is 4.99 Å². The third-order valence-corrected chi connectivity index (χ3v) is 2.93. The molecule has 0 spiro atoms. The third-order valence-electron chi connectivity index (χ3n) is 2.67. The minimum Gasteiger partial charge on any atom is -0.364 e. The molecule has 0 radical (unpaired) electrons. The monoisotopic (exact) mass is 200 g/mol. The molecule has 0 N–H and O–H groups in total. The second kappa shape index (κ2) is 3.93. The minimum atomic E-state index is 0.307. The maximum atomic E-state index is 5.15. The van der Waals surface area contributed by atoms with E-state index in [4.69, 9.17) is 12.2 Å². The summed E-state index contributed by atoms with van der Waals surface area (Å²) in [5.74, 6) is 0. The maximum absolute atomic E-state index is 5.15. The first-order valence-corrected chi connectivity index (χ1v) is 5.32. The lowest BCUT2D eigenvalue weighted by molar-refractivity contribution is 0.0890. The van der Waals surface area contributed by atoms with Gasteiger partial charge in [-0.25, -0.2) is 0 Å². The number of thiocarbonyl (C=S) groups is 1. The molecule has 0 aromatic rings. The molecule has 76 valence electrons. The van der Waals surface area contributed by atoms with Gasteiger partial charge in [0.15, 0.2) is 0 Å². The summed E-state index contributed by atoms with van der Waals surface area (Å²) >= 11 is 5.15. The van der Waals surface area contributed by atoms with E-state index in [1.165, 1.54) is 0 Å². The van der Waals surface area contributed by atoms with Crippen LogP contribution in [0.25, 0.3) is 0 Å². The van der Waals surface area contributed by atoms with E-state index >= 15 is 0 Å². The number of piperazine rings is 1. The fraction of sp³-hybridized carbons (Fsp3) is 0.900. The van der Waals surface area contributed by atoms with Crippen molar-refractivity contribution in [2.45, 2.75) is 33.2 Å². The van der Waals surface area contributed by atoms with E-state index < -0.39 is 0 Å². The SMILES string of the molecule is CC(=S)N1CCN(C(C)(C)C)CC1. The molecule has 1 aliphatic rings. The summed E-state index contributed by atoms with van der Waals surface area (Å²) in [5.41, 5.74) is 0.307. The van der Waals surface area contributed by atoms with Gasteiger partial charge in [0.1, 0.15) is 0 Å². The van der Waals surface area contributed by atoms with Gasteiger partial charge in [-0.2, -0.15) is 0 Å². The summed E-state index contributed by atoms with van der Waals surface area (Å²) in [4.78, 5) is 5.84. The number of nitrogens with zero attached hydrogens (tertiary/aromatic N) is 2. The Labute approximate surface area is 86.9 Å². The van der Waals surface area contributed by atoms with Gasteiger partial charge in [0.2, 0.25) is 0 Å². The van der Waals surface area contributed by atoms with Gasteiger partial charge in [-0.15, -0.1) is 0 Å². The topological polar surface area (TPSA) is 6.48 Å². The van der Waals surface area contributed by atoms with Crippen LogP contribution in [0.15, 0.2) is 0 Å². The molecule has 0 aromatic heterocycles. The molecule has 0 amide bonds. The Hall–Kier alpha value is -0.150. The third kappa shape index (κ3) is 2.92. The Morgan fingerprint density at radius 2 is 1.54 bits per heavy atom. The first kappa shape index (κ1) is 10.9. The lowest BCUT2D eigenvalue weighted by Gasteiger charge is -2.42. The molecule has 2 nitrogen and oxygen atoms in total. The van der Waals surface area contributed by atoms with E-state index in [0.717, 1.165) is 31.2 Å². The van der Waals surface area contributed by atoms with Crippen molar-refractivity contribution in [3.63, 3.8) is 0 Å². The Kier molecular flexibility index (Phi) is 3.30. The molecule has 0 bridgehead atoms. The molecule has 3 heteroatoms. The van der Waals surface area contributed by atoms with Gasteiger partial charge in [0.25, 0.3) is 0 Å². The fourth-order valence-electron chi connectivity index (χ4n) is 1.69. The molecule has 0 atom stereocenters. The molecular formula is C10H20N2S. The first-order valence-electron chi connectivity index (χ1n) is 4.92. The van der Waals surface area contributed by atoms with Gasteiger partial charge in [-0.3, -0.25) is 4.90 Å². The Morgan fingerprint density at radius 3 is 1.85 bits per heavy atom. The van der Waals surface area contributed by atoms with E-state index in [1.807, 2.05) is 6.92 Å². The molecule has 0 unspecified atom stereocenters. The summed E-state index contributed by atoms with van der Waals surface area (Å²) in [5, 5.41) is 0. The van der Waals surface area contributed by atoms with Crippen LogP contribution >= 0.6 is 12.2 Å². The molecule has 1 rings (SSSR count). The Morgan fingerprint density at radius 1 is 1.08 bits per heavy atom. The van der Waals surface area contributed by atoms with Crippen LogP contribution in [0.1, 0.15) is 27.7 Å². The van der Waals surface area contributed by atoms with Gasteiger partial charge in [-0.1, -0.05) is 12.2 Å². The van der Waals surface area contributed by atoms with Crippen LogP contribution in [-0.2, 0) is 0 Å². The minimum absolute atomic E-state index is 0.307. The molecule has 1 saturated heterocycles. The fourth-order valence-corrected chi connectivity index (χ4v) is 1.87. The molecule has 1 fully saturated rings. The van der Waals surface area contributed by atoms with Crippen LogP contribution in [0.3, 0.4) is 0 Å². The molecule has 13 heavy (non-hydrogen) atoms. The van der Waals surface area contributed by atoms with E-state index in [1.54, 1.807) is 0 Å². The summed E-state index contributed by atoms with van der Waals surface area (Å²) in [7, 11) is 0. The van der Waals surface area contributed by atoms with Gasteiger partial charge in [-0.05, 0) is 27.7 Å². The molecular weight excluding hydrogens is 180 g/mol. The Balaban J connectivity index is 2.44. The van der Waals surface area contributed by atoms with E-state index in [0.29, 0.717) is 5.54 Å². The van der Waals surface area contributed by atoms with Crippen LogP contribution in [0.2, 0.25) is 0 Å². The van der Waals surface area contributed by atoms with Crippen LogP contribution in [0.4, 0.5) is 0 Å². The van der Waals surface area contributed by atoms with Crippen molar-refractivity contribution in [1.29, 1.82) is 0 Å². The van der Waals surface area contributed by atoms with Crippen molar-refractivity contribution in [3.05, 3.63) is 0 Å². The number of hydrogen-bond acceptors (Lipinski definition) is 2. The average molecular weight is 200 g/mol. The second-order valence-corrected chi connectivity index (χ2v) is 5.25. The predicted molar refractivity (Wildman–Crippen MR) is 61.2 cm³/mol. The normalized spacial score (nSPS) is 20.5. The zero-order valence-electron chi connectivity index (χ0n) is 9.13. The zero-order valence-corrected chi connectivity index (χ0v) is 9.95. The highest BCUT2D eigenvalue weighted by Gasteiger charge is 2.25. The molecule has 0 aromatic carbocycles. The van der Waals surface area contributed by atoms with Crippen LogP contribution < -0.4 is 0 Å². The number of hydrogen-bond donors (Lipinski definition) is 0. The number of rotatable bonds is 0. The highest BCUT2D eigenvalue weighted by atomic mass is 32.1. The van der Waals surface area contributed by atoms with Gasteiger partial charge in [0, 0.05) is 31.7 Å². The molecule has 1 aliphatic heterocycles. The Bertz CT molecular complexity index is 188. The smallest absolute Gasteiger partial charge is 0.0748 e. The van der Waals surface area contributed by atoms with Crippen molar-refractivity contribution in [2.24, 2.45) is 0 Å². The lowest BCUT2D eigenvalue weighted by Crippen LogP contribution is -2.54. The molecule has 1 heterocycles. The average Bonchev–Trinajstić information content (AvgIpc) is 2.03. The van der Waals surface area contributed by atoms with E-state index in [9.17, 15) is 0 Å². The van der Waals surface area contributed by atoms with Crippen molar-refractivity contribution in [3.8, 4) is 0 Å². The largest absolute Gasteiger partial charge is 0.364 e.